The molecule has 0 spiro atoms. The Balaban J connectivity index is 2.03. The molecule has 1 aromatic carbocycles. The number of fused-ring (bicyclic) bond motifs is 1. The van der Waals surface area contributed by atoms with Crippen LogP contribution in [-0.2, 0) is 4.79 Å². The van der Waals surface area contributed by atoms with Crippen LogP contribution in [0.3, 0.4) is 0 Å². The smallest absolute Gasteiger partial charge is 0.408 e. The second kappa shape index (κ2) is 7.30. The van der Waals surface area contributed by atoms with E-state index in [9.17, 15) is 19.5 Å². The molecule has 2 heterocycles. The van der Waals surface area contributed by atoms with Gasteiger partial charge in [-0.2, -0.15) is 0 Å². The van der Waals surface area contributed by atoms with Gasteiger partial charge in [0.1, 0.15) is 17.3 Å². The van der Waals surface area contributed by atoms with Gasteiger partial charge in [0.05, 0.1) is 0 Å². The Morgan fingerprint density at radius 2 is 1.93 bits per heavy atom. The first-order valence-electron chi connectivity index (χ1n) is 9.60. The number of nitrogens with two attached hydrogens (primary N) is 1. The minimum Gasteiger partial charge on any atom is -0.465 e. The molecule has 1 aliphatic heterocycles. The number of carbonyl (C=O) groups is 3. The molecule has 4 N–H and O–H groups in total. The maximum absolute atomic E-state index is 13.3. The van der Waals surface area contributed by atoms with Crippen LogP contribution in [0.25, 0.3) is 11.0 Å². The molecule has 2 atom stereocenters. The Kier molecular flexibility index (Phi) is 5.39. The summed E-state index contributed by atoms with van der Waals surface area (Å²) in [4.78, 5) is 38.5. The largest absolute Gasteiger partial charge is 0.465 e. The van der Waals surface area contributed by atoms with E-state index in [1.807, 2.05) is 34.6 Å². The molecule has 0 aliphatic carbocycles. The Morgan fingerprint density at radius 1 is 1.30 bits per heavy atom. The van der Waals surface area contributed by atoms with Crippen molar-refractivity contribution in [2.24, 2.45) is 17.1 Å². The fraction of sp³-hybridized carbons (Fsp3) is 0.476. The first kappa shape index (κ1) is 22.1. The van der Waals surface area contributed by atoms with Crippen molar-refractivity contribution >= 4 is 50.5 Å². The number of benzene rings is 1. The minimum atomic E-state index is -1.16. The Hall–Kier alpha value is -2.55. The van der Waals surface area contributed by atoms with Crippen LogP contribution in [0.15, 0.2) is 27.1 Å². The van der Waals surface area contributed by atoms with Crippen molar-refractivity contribution in [3.8, 4) is 0 Å². The molecular formula is C21H26BrN3O5. The normalized spacial score (nSPS) is 21.1. The molecule has 9 heteroatoms. The highest BCUT2D eigenvalue weighted by molar-refractivity contribution is 9.10. The first-order chi connectivity index (χ1) is 13.7. The maximum Gasteiger partial charge on any atom is 0.408 e. The van der Waals surface area contributed by atoms with Crippen molar-refractivity contribution in [1.29, 1.82) is 0 Å². The summed E-state index contributed by atoms with van der Waals surface area (Å²) in [5.41, 5.74) is 5.01. The van der Waals surface area contributed by atoms with Gasteiger partial charge in [0, 0.05) is 15.4 Å². The van der Waals surface area contributed by atoms with Crippen molar-refractivity contribution in [2.75, 3.05) is 5.32 Å². The summed E-state index contributed by atoms with van der Waals surface area (Å²) in [6.45, 7) is 9.77. The van der Waals surface area contributed by atoms with Crippen LogP contribution in [0.5, 0.6) is 0 Å². The third-order valence-corrected chi connectivity index (χ3v) is 6.41. The van der Waals surface area contributed by atoms with E-state index >= 15 is 0 Å². The SMILES string of the molecule is CC(C)(C)C1CC(C(=O)Nc2c(C(N)=O)oc3ccc(Br)cc23)N(C(=O)O)C1(C)C. The summed E-state index contributed by atoms with van der Waals surface area (Å²) >= 11 is 3.36. The lowest BCUT2D eigenvalue weighted by Crippen LogP contribution is -2.53. The number of likely N-dealkylation sites (tertiary alicyclic amines) is 1. The van der Waals surface area contributed by atoms with E-state index in [0.29, 0.717) is 17.4 Å². The van der Waals surface area contributed by atoms with E-state index in [2.05, 4.69) is 21.2 Å². The molecule has 2 unspecified atom stereocenters. The van der Waals surface area contributed by atoms with Gasteiger partial charge < -0.3 is 20.6 Å². The molecule has 0 bridgehead atoms. The second-order valence-electron chi connectivity index (χ2n) is 9.28. The van der Waals surface area contributed by atoms with Gasteiger partial charge in [-0.05, 0) is 49.8 Å². The van der Waals surface area contributed by atoms with Gasteiger partial charge in [0.2, 0.25) is 11.7 Å². The van der Waals surface area contributed by atoms with Gasteiger partial charge in [-0.3, -0.25) is 14.5 Å². The zero-order chi connectivity index (χ0) is 22.6. The Bertz CT molecular complexity index is 1040. The number of anilines is 1. The molecule has 0 radical (unpaired) electrons. The lowest BCUT2D eigenvalue weighted by Gasteiger charge is -2.41. The lowest BCUT2D eigenvalue weighted by atomic mass is 9.70. The van der Waals surface area contributed by atoms with Crippen LogP contribution >= 0.6 is 15.9 Å². The van der Waals surface area contributed by atoms with Gasteiger partial charge in [-0.15, -0.1) is 0 Å². The molecule has 3 amide bonds. The molecule has 1 saturated heterocycles. The second-order valence-corrected chi connectivity index (χ2v) is 10.2. The van der Waals surface area contributed by atoms with E-state index in [1.54, 1.807) is 18.2 Å². The zero-order valence-electron chi connectivity index (χ0n) is 17.6. The van der Waals surface area contributed by atoms with E-state index in [-0.39, 0.29) is 22.8 Å². The molecule has 2 aromatic rings. The highest BCUT2D eigenvalue weighted by Gasteiger charge is 2.55. The van der Waals surface area contributed by atoms with Crippen LogP contribution in [0.4, 0.5) is 10.5 Å². The average Bonchev–Trinajstić information content (AvgIpc) is 3.09. The Morgan fingerprint density at radius 3 is 2.47 bits per heavy atom. The molecule has 8 nitrogen and oxygen atoms in total. The molecule has 30 heavy (non-hydrogen) atoms. The quantitative estimate of drug-likeness (QED) is 0.600. The highest BCUT2D eigenvalue weighted by Crippen LogP contribution is 2.48. The summed E-state index contributed by atoms with van der Waals surface area (Å²) in [5.74, 6) is -1.58. The van der Waals surface area contributed by atoms with E-state index in [4.69, 9.17) is 10.2 Å². The van der Waals surface area contributed by atoms with Crippen LogP contribution in [0, 0.1) is 11.3 Å². The van der Waals surface area contributed by atoms with Crippen LogP contribution in [-0.4, -0.2) is 39.5 Å². The predicted octanol–water partition coefficient (Wildman–Crippen LogP) is 4.43. The van der Waals surface area contributed by atoms with E-state index < -0.39 is 29.5 Å². The topological polar surface area (TPSA) is 126 Å². The first-order valence-corrected chi connectivity index (χ1v) is 10.4. The average molecular weight is 480 g/mol. The van der Waals surface area contributed by atoms with E-state index in [0.717, 1.165) is 4.47 Å². The lowest BCUT2D eigenvalue weighted by molar-refractivity contribution is -0.120. The number of halogens is 1. The number of nitrogens with zero attached hydrogens (tertiary/aromatic N) is 1. The monoisotopic (exact) mass is 479 g/mol. The van der Waals surface area contributed by atoms with Crippen LogP contribution in [0.1, 0.15) is 51.6 Å². The summed E-state index contributed by atoms with van der Waals surface area (Å²) in [6.07, 6.45) is -0.804. The molecule has 162 valence electrons. The Labute approximate surface area is 182 Å². The van der Waals surface area contributed by atoms with Gasteiger partial charge in [-0.25, -0.2) is 4.79 Å². The predicted molar refractivity (Wildman–Crippen MR) is 116 cm³/mol. The minimum absolute atomic E-state index is 0.0531. The van der Waals surface area contributed by atoms with Crippen molar-refractivity contribution in [3.05, 3.63) is 28.4 Å². The van der Waals surface area contributed by atoms with Crippen molar-refractivity contribution in [1.82, 2.24) is 4.90 Å². The van der Waals surface area contributed by atoms with Crippen molar-refractivity contribution in [2.45, 2.75) is 52.6 Å². The number of hydrogen-bond acceptors (Lipinski definition) is 4. The standard InChI is InChI=1S/C21H26BrN3O5/c1-20(2,3)14-9-12(25(19(28)29)21(14,4)5)18(27)24-15-11-8-10(22)6-7-13(11)30-16(15)17(23)26/h6-8,12,14H,9H2,1-5H3,(H2,23,26)(H,24,27)(H,28,29). The highest BCUT2D eigenvalue weighted by atomic mass is 79.9. The number of hydrogen-bond donors (Lipinski definition) is 3. The van der Waals surface area contributed by atoms with Crippen molar-refractivity contribution in [3.63, 3.8) is 0 Å². The maximum atomic E-state index is 13.3. The third kappa shape index (κ3) is 3.66. The number of furan rings is 1. The number of rotatable bonds is 3. The van der Waals surface area contributed by atoms with Gasteiger partial charge in [-0.1, -0.05) is 36.7 Å². The fourth-order valence-electron chi connectivity index (χ4n) is 4.78. The van der Waals surface area contributed by atoms with Gasteiger partial charge >= 0.3 is 6.09 Å². The van der Waals surface area contributed by atoms with Gasteiger partial charge in [0.15, 0.2) is 0 Å². The molecular weight excluding hydrogens is 454 g/mol. The zero-order valence-corrected chi connectivity index (χ0v) is 19.2. The third-order valence-electron chi connectivity index (χ3n) is 5.92. The summed E-state index contributed by atoms with van der Waals surface area (Å²) < 4.78 is 6.26. The van der Waals surface area contributed by atoms with E-state index in [1.165, 1.54) is 4.90 Å². The number of nitrogens with one attached hydrogen (secondary N) is 1. The summed E-state index contributed by atoms with van der Waals surface area (Å²) in [7, 11) is 0. The molecule has 1 aromatic heterocycles. The number of carbonyl (C=O) groups excluding carboxylic acids is 2. The fourth-order valence-corrected chi connectivity index (χ4v) is 5.14. The number of carboxylic acid groups (broad SMARTS) is 1. The van der Waals surface area contributed by atoms with Crippen LogP contribution < -0.4 is 11.1 Å². The number of amides is 3. The summed E-state index contributed by atoms with van der Waals surface area (Å²) in [5, 5.41) is 13.1. The molecule has 1 aliphatic rings. The molecule has 1 fully saturated rings. The van der Waals surface area contributed by atoms with Crippen LogP contribution in [0.2, 0.25) is 0 Å². The van der Waals surface area contributed by atoms with Gasteiger partial charge in [0.25, 0.3) is 5.91 Å². The number of primary amides is 1. The molecule has 3 rings (SSSR count). The molecule has 0 saturated carbocycles. The summed E-state index contributed by atoms with van der Waals surface area (Å²) in [6, 6.07) is 4.17. The van der Waals surface area contributed by atoms with Crippen molar-refractivity contribution < 1.29 is 23.9 Å².